The number of hydrogen-bond donors (Lipinski definition) is 0. The van der Waals surface area contributed by atoms with E-state index in [4.69, 9.17) is 4.74 Å². The first-order valence-corrected chi connectivity index (χ1v) is 22.2. The number of ether oxygens (including phenoxy) is 1. The molecule has 0 N–H and O–H groups in total. The van der Waals surface area contributed by atoms with Crippen LogP contribution in [0.3, 0.4) is 0 Å². The van der Waals surface area contributed by atoms with Crippen molar-refractivity contribution in [1.29, 1.82) is 0 Å². The largest absolute Gasteiger partial charge is 0.497 e. The number of allylic oxidation sites excluding steroid dienone is 5. The maximum absolute atomic E-state index is 5.81. The number of anilines is 1. The molecule has 2 aliphatic heterocycles. The van der Waals surface area contributed by atoms with Gasteiger partial charge in [-0.2, -0.15) is 4.58 Å². The maximum atomic E-state index is 5.81. The Balaban J connectivity index is 1.17. The van der Waals surface area contributed by atoms with Gasteiger partial charge in [0.15, 0.2) is 5.71 Å². The molecular formula is C51H67N2O+. The van der Waals surface area contributed by atoms with Gasteiger partial charge >= 0.3 is 0 Å². The topological polar surface area (TPSA) is 15.5 Å². The third-order valence-corrected chi connectivity index (χ3v) is 14.6. The standard InChI is InChI=1S/C51H67N2O/c1-4-33-50(2)44-31-30-42(54-3)38-46(44)53(37-17-13-24-40-21-8-9-22-40)47(50)27-18-28-48-51(34-14-5-15-35-51)49-43-26-11-10-25-41(43)29-32-45(49)52(48)36-16-12-23-39-19-6-7-20-39/h4,10-11,18,25-32,38-40H,1,5-9,12-17,19-24,33-37H2,2-3H3/q+1. The molecule has 286 valence electrons. The van der Waals surface area contributed by atoms with Crippen LogP contribution in [0.25, 0.3) is 10.8 Å². The van der Waals surface area contributed by atoms with Gasteiger partial charge in [0.25, 0.3) is 0 Å². The summed E-state index contributed by atoms with van der Waals surface area (Å²) in [6.45, 7) is 8.88. The molecule has 3 aromatic rings. The van der Waals surface area contributed by atoms with Crippen LogP contribution in [0.4, 0.5) is 11.4 Å². The van der Waals surface area contributed by atoms with Crippen molar-refractivity contribution in [3.63, 3.8) is 0 Å². The number of unbranched alkanes of at least 4 members (excludes halogenated alkanes) is 2. The number of hydrogen-bond acceptors (Lipinski definition) is 2. The van der Waals surface area contributed by atoms with E-state index in [1.54, 1.807) is 18.4 Å². The van der Waals surface area contributed by atoms with Crippen LogP contribution in [0.1, 0.15) is 146 Å². The van der Waals surface area contributed by atoms with Crippen LogP contribution in [0, 0.1) is 11.8 Å². The Morgan fingerprint density at radius 1 is 0.833 bits per heavy atom. The average molecular weight is 724 g/mol. The highest BCUT2D eigenvalue weighted by Crippen LogP contribution is 2.53. The summed E-state index contributed by atoms with van der Waals surface area (Å²) in [6, 6.07) is 20.8. The van der Waals surface area contributed by atoms with Crippen molar-refractivity contribution in [3.8, 4) is 5.75 Å². The minimum absolute atomic E-state index is 0.0747. The SMILES string of the molecule is C=CCC1(C)C(=CC=CC2=[N+](CCCCC3CCCC3)c3ccc4ccccc4c3C23CCCCC3)N(CCCCC2CCCC2)c2cc(OC)ccc21. The first-order valence-electron chi connectivity index (χ1n) is 22.2. The Bertz CT molecular complexity index is 1880. The van der Waals surface area contributed by atoms with Gasteiger partial charge in [0.1, 0.15) is 12.3 Å². The molecule has 3 heteroatoms. The van der Waals surface area contributed by atoms with Crippen LogP contribution in [-0.2, 0) is 10.8 Å². The summed E-state index contributed by atoms with van der Waals surface area (Å²) in [5.41, 5.74) is 8.71. The van der Waals surface area contributed by atoms with Gasteiger partial charge in [-0.15, -0.1) is 6.58 Å². The molecular weight excluding hydrogens is 657 g/mol. The molecule has 3 nitrogen and oxygen atoms in total. The second kappa shape index (κ2) is 16.6. The fraction of sp³-hybridized carbons (Fsp3) is 0.549. The van der Waals surface area contributed by atoms with Crippen LogP contribution >= 0.6 is 0 Å². The third kappa shape index (κ3) is 7.14. The number of fused-ring (bicyclic) bond motifs is 5. The quantitative estimate of drug-likeness (QED) is 0.0881. The minimum Gasteiger partial charge on any atom is -0.497 e. The maximum Gasteiger partial charge on any atom is 0.210 e. The second-order valence-electron chi connectivity index (χ2n) is 17.9. The van der Waals surface area contributed by atoms with E-state index in [1.165, 1.54) is 155 Å². The second-order valence-corrected chi connectivity index (χ2v) is 17.9. The predicted octanol–water partition coefficient (Wildman–Crippen LogP) is 13.7. The van der Waals surface area contributed by atoms with Crippen molar-refractivity contribution in [1.82, 2.24) is 0 Å². The Morgan fingerprint density at radius 3 is 2.28 bits per heavy atom. The summed E-state index contributed by atoms with van der Waals surface area (Å²) in [7, 11) is 1.80. The molecule has 1 atom stereocenters. The van der Waals surface area contributed by atoms with Gasteiger partial charge in [-0.25, -0.2) is 0 Å². The normalized spacial score (nSPS) is 23.4. The number of benzene rings is 3. The first-order chi connectivity index (χ1) is 26.6. The molecule has 0 saturated heterocycles. The van der Waals surface area contributed by atoms with Crippen LogP contribution < -0.4 is 9.64 Å². The molecule has 0 radical (unpaired) electrons. The highest BCUT2D eigenvalue weighted by Gasteiger charge is 2.52. The minimum atomic E-state index is -0.138. The van der Waals surface area contributed by atoms with E-state index in [9.17, 15) is 0 Å². The van der Waals surface area contributed by atoms with E-state index >= 15 is 0 Å². The lowest BCUT2D eigenvalue weighted by Crippen LogP contribution is -2.37. The van der Waals surface area contributed by atoms with Gasteiger partial charge in [0.2, 0.25) is 5.69 Å². The van der Waals surface area contributed by atoms with Crippen LogP contribution in [-0.4, -0.2) is 30.5 Å². The Kier molecular flexibility index (Phi) is 11.5. The summed E-state index contributed by atoms with van der Waals surface area (Å²) in [5.74, 6) is 2.85. The first kappa shape index (κ1) is 37.3. The van der Waals surface area contributed by atoms with Crippen molar-refractivity contribution in [2.24, 2.45) is 11.8 Å². The van der Waals surface area contributed by atoms with Gasteiger partial charge in [-0.1, -0.05) is 132 Å². The molecule has 1 unspecified atom stereocenters. The number of rotatable bonds is 15. The third-order valence-electron chi connectivity index (χ3n) is 14.6. The van der Waals surface area contributed by atoms with Gasteiger partial charge in [-0.05, 0) is 85.4 Å². The van der Waals surface area contributed by atoms with E-state index in [-0.39, 0.29) is 10.8 Å². The zero-order valence-electron chi connectivity index (χ0n) is 33.7. The van der Waals surface area contributed by atoms with E-state index < -0.39 is 0 Å². The van der Waals surface area contributed by atoms with Gasteiger partial charge in [0.05, 0.1) is 12.5 Å². The van der Waals surface area contributed by atoms with Crippen LogP contribution in [0.5, 0.6) is 5.75 Å². The van der Waals surface area contributed by atoms with Gasteiger partial charge in [0, 0.05) is 53.5 Å². The molecule has 0 aromatic heterocycles. The highest BCUT2D eigenvalue weighted by molar-refractivity contribution is 6.08. The van der Waals surface area contributed by atoms with E-state index in [0.29, 0.717) is 0 Å². The van der Waals surface area contributed by atoms with Crippen LogP contribution in [0.2, 0.25) is 0 Å². The molecule has 3 aromatic carbocycles. The zero-order valence-corrected chi connectivity index (χ0v) is 33.7. The molecule has 3 saturated carbocycles. The Hall–Kier alpha value is -3.59. The Labute approximate surface area is 327 Å². The smallest absolute Gasteiger partial charge is 0.210 e. The van der Waals surface area contributed by atoms with E-state index in [0.717, 1.165) is 37.1 Å². The lowest BCUT2D eigenvalue weighted by molar-refractivity contribution is -0.438. The molecule has 3 aliphatic carbocycles. The predicted molar refractivity (Wildman–Crippen MR) is 230 cm³/mol. The van der Waals surface area contributed by atoms with E-state index in [1.807, 2.05) is 0 Å². The van der Waals surface area contributed by atoms with Crippen molar-refractivity contribution in [2.45, 2.75) is 146 Å². The number of nitrogens with zero attached hydrogens (tertiary/aromatic N) is 2. The Morgan fingerprint density at radius 2 is 1.56 bits per heavy atom. The lowest BCUT2D eigenvalue weighted by atomic mass is 9.66. The van der Waals surface area contributed by atoms with Crippen molar-refractivity contribution >= 4 is 27.9 Å². The van der Waals surface area contributed by atoms with Crippen molar-refractivity contribution < 1.29 is 9.31 Å². The average Bonchev–Trinajstić information content (AvgIpc) is 4.00. The molecule has 0 bridgehead atoms. The fourth-order valence-corrected chi connectivity index (χ4v) is 11.8. The zero-order chi connectivity index (χ0) is 37.0. The molecule has 5 aliphatic rings. The molecule has 54 heavy (non-hydrogen) atoms. The van der Waals surface area contributed by atoms with Crippen LogP contribution in [0.15, 0.2) is 91.2 Å². The molecule has 8 rings (SSSR count). The van der Waals surface area contributed by atoms with E-state index in [2.05, 4.69) is 102 Å². The molecule has 1 spiro atoms. The molecule has 3 fully saturated rings. The summed E-state index contributed by atoms with van der Waals surface area (Å²) in [4.78, 5) is 2.65. The summed E-state index contributed by atoms with van der Waals surface area (Å²) >= 11 is 0. The molecule has 0 amide bonds. The van der Waals surface area contributed by atoms with Crippen molar-refractivity contribution in [3.05, 3.63) is 102 Å². The molecule has 2 heterocycles. The van der Waals surface area contributed by atoms with Crippen molar-refractivity contribution in [2.75, 3.05) is 25.1 Å². The monoisotopic (exact) mass is 724 g/mol. The summed E-state index contributed by atoms with van der Waals surface area (Å²) in [5, 5.41) is 2.86. The highest BCUT2D eigenvalue weighted by atomic mass is 16.5. The fourth-order valence-electron chi connectivity index (χ4n) is 11.8. The number of methoxy groups -OCH3 is 1. The van der Waals surface area contributed by atoms with Gasteiger partial charge < -0.3 is 9.64 Å². The summed E-state index contributed by atoms with van der Waals surface area (Å²) in [6.07, 6.45) is 36.5. The van der Waals surface area contributed by atoms with Gasteiger partial charge in [-0.3, -0.25) is 0 Å². The summed E-state index contributed by atoms with van der Waals surface area (Å²) < 4.78 is 8.60. The lowest BCUT2D eigenvalue weighted by Gasteiger charge is -2.32.